The lowest BCUT2D eigenvalue weighted by Gasteiger charge is -2.12. The molecule has 0 spiro atoms. The van der Waals surface area contributed by atoms with Crippen molar-refractivity contribution < 1.29 is 14.3 Å². The number of ether oxygens (including phenoxy) is 1. The van der Waals surface area contributed by atoms with E-state index in [2.05, 4.69) is 48.4 Å². The molecule has 0 bridgehead atoms. The van der Waals surface area contributed by atoms with Crippen molar-refractivity contribution >= 4 is 49.4 Å². The van der Waals surface area contributed by atoms with Crippen LogP contribution in [0.15, 0.2) is 21.1 Å². The summed E-state index contributed by atoms with van der Waals surface area (Å²) in [5.74, 6) is 1.51. The molecule has 0 fully saturated rings. The molecule has 0 atom stereocenters. The summed E-state index contributed by atoms with van der Waals surface area (Å²) in [6.45, 7) is 0.339. The van der Waals surface area contributed by atoms with Gasteiger partial charge >= 0.3 is 5.97 Å². The number of halogens is 2. The predicted octanol–water partition coefficient (Wildman–Crippen LogP) is 2.16. The van der Waals surface area contributed by atoms with Crippen molar-refractivity contribution in [2.24, 2.45) is 0 Å². The van der Waals surface area contributed by atoms with Crippen LogP contribution in [0.1, 0.15) is 10.4 Å². The lowest BCUT2D eigenvalue weighted by atomic mass is 10.2. The molecule has 1 amide bonds. The number of benzene rings is 1. The topological polar surface area (TPSA) is 67.4 Å². The number of anilines is 1. The van der Waals surface area contributed by atoms with Crippen LogP contribution in [0.5, 0.6) is 0 Å². The highest BCUT2D eigenvalue weighted by atomic mass is 79.9. The molecule has 0 aromatic heterocycles. The van der Waals surface area contributed by atoms with Gasteiger partial charge in [0.2, 0.25) is 5.91 Å². The standard InChI is InChI=1S/C13H12Br2N2O3/c1-3-4-16-7-11(18)17-12-9(13(19)20-2)5-8(14)6-10(12)15/h1,5-6,16H,4,7H2,2H3,(H,17,18). The van der Waals surface area contributed by atoms with Gasteiger partial charge < -0.3 is 10.1 Å². The van der Waals surface area contributed by atoms with Gasteiger partial charge in [-0.2, -0.15) is 0 Å². The number of carbonyl (C=O) groups excluding carboxylic acids is 2. The van der Waals surface area contributed by atoms with Crippen LogP contribution in [-0.4, -0.2) is 32.1 Å². The van der Waals surface area contributed by atoms with Gasteiger partial charge in [0, 0.05) is 8.95 Å². The summed E-state index contributed by atoms with van der Waals surface area (Å²) < 4.78 is 5.95. The Kier molecular flexibility index (Phi) is 6.71. The molecule has 5 nitrogen and oxygen atoms in total. The third-order valence-corrected chi connectivity index (χ3v) is 3.32. The zero-order valence-electron chi connectivity index (χ0n) is 10.6. The molecule has 0 aliphatic rings. The van der Waals surface area contributed by atoms with Gasteiger partial charge in [-0.1, -0.05) is 21.9 Å². The first-order valence-corrected chi connectivity index (χ1v) is 7.09. The summed E-state index contributed by atoms with van der Waals surface area (Å²) in [6.07, 6.45) is 5.07. The molecule has 2 N–H and O–H groups in total. The Morgan fingerprint density at radius 2 is 2.10 bits per heavy atom. The number of rotatable bonds is 5. The molecular weight excluding hydrogens is 392 g/mol. The third-order valence-electron chi connectivity index (χ3n) is 2.24. The highest BCUT2D eigenvalue weighted by Crippen LogP contribution is 2.31. The Bertz CT molecular complexity index is 567. The minimum absolute atomic E-state index is 0.0489. The molecule has 0 aliphatic heterocycles. The van der Waals surface area contributed by atoms with E-state index in [1.165, 1.54) is 7.11 Å². The average molecular weight is 404 g/mol. The maximum atomic E-state index is 11.8. The molecule has 0 aliphatic carbocycles. The van der Waals surface area contributed by atoms with Gasteiger partial charge in [-0.3, -0.25) is 10.1 Å². The Balaban J connectivity index is 2.96. The van der Waals surface area contributed by atoms with Crippen molar-refractivity contribution in [1.82, 2.24) is 5.32 Å². The molecule has 1 rings (SSSR count). The summed E-state index contributed by atoms with van der Waals surface area (Å²) in [4.78, 5) is 23.5. The van der Waals surface area contributed by atoms with E-state index in [-0.39, 0.29) is 18.0 Å². The summed E-state index contributed by atoms with van der Waals surface area (Å²) in [7, 11) is 1.28. The highest BCUT2D eigenvalue weighted by molar-refractivity contribution is 9.11. The van der Waals surface area contributed by atoms with Gasteiger partial charge in [-0.15, -0.1) is 6.42 Å². The first-order valence-electron chi connectivity index (χ1n) is 5.51. The largest absolute Gasteiger partial charge is 0.465 e. The molecule has 0 saturated carbocycles. The molecule has 0 heterocycles. The minimum Gasteiger partial charge on any atom is -0.465 e. The van der Waals surface area contributed by atoms with Crippen molar-refractivity contribution in [1.29, 1.82) is 0 Å². The zero-order chi connectivity index (χ0) is 15.1. The molecule has 0 unspecified atom stereocenters. The Morgan fingerprint density at radius 3 is 2.70 bits per heavy atom. The molecular formula is C13H12Br2N2O3. The zero-order valence-corrected chi connectivity index (χ0v) is 13.8. The van der Waals surface area contributed by atoms with Crippen LogP contribution < -0.4 is 10.6 Å². The molecule has 0 radical (unpaired) electrons. The van der Waals surface area contributed by atoms with E-state index in [1.807, 2.05) is 0 Å². The Hall–Kier alpha value is -1.36. The SMILES string of the molecule is C#CCNCC(=O)Nc1c(Br)cc(Br)cc1C(=O)OC. The lowest BCUT2D eigenvalue weighted by molar-refractivity contribution is -0.115. The third kappa shape index (κ3) is 4.63. The van der Waals surface area contributed by atoms with E-state index in [0.717, 1.165) is 0 Å². The number of amides is 1. The first-order chi connectivity index (χ1) is 9.49. The quantitative estimate of drug-likeness (QED) is 0.449. The fourth-order valence-electron chi connectivity index (χ4n) is 1.40. The maximum Gasteiger partial charge on any atom is 0.340 e. The van der Waals surface area contributed by atoms with E-state index in [1.54, 1.807) is 12.1 Å². The van der Waals surface area contributed by atoms with Crippen LogP contribution in [0.3, 0.4) is 0 Å². The Morgan fingerprint density at radius 1 is 1.40 bits per heavy atom. The van der Waals surface area contributed by atoms with E-state index >= 15 is 0 Å². The van der Waals surface area contributed by atoms with Crippen LogP contribution >= 0.6 is 31.9 Å². The van der Waals surface area contributed by atoms with Crippen LogP contribution in [-0.2, 0) is 9.53 Å². The number of terminal acetylenes is 1. The summed E-state index contributed by atoms with van der Waals surface area (Å²) in [6, 6.07) is 3.29. The summed E-state index contributed by atoms with van der Waals surface area (Å²) >= 11 is 6.58. The van der Waals surface area contributed by atoms with Gasteiger partial charge in [0.15, 0.2) is 0 Å². The first kappa shape index (κ1) is 16.7. The number of hydrogen-bond donors (Lipinski definition) is 2. The number of hydrogen-bond acceptors (Lipinski definition) is 4. The van der Waals surface area contributed by atoms with Crippen LogP contribution in [0, 0.1) is 12.3 Å². The maximum absolute atomic E-state index is 11.8. The van der Waals surface area contributed by atoms with Gasteiger partial charge in [-0.25, -0.2) is 4.79 Å². The van der Waals surface area contributed by atoms with E-state index in [0.29, 0.717) is 21.2 Å². The van der Waals surface area contributed by atoms with Crippen LogP contribution in [0.25, 0.3) is 0 Å². The van der Waals surface area contributed by atoms with Gasteiger partial charge in [-0.05, 0) is 28.1 Å². The van der Waals surface area contributed by atoms with E-state index in [4.69, 9.17) is 11.2 Å². The van der Waals surface area contributed by atoms with Crippen molar-refractivity contribution in [2.75, 3.05) is 25.5 Å². The van der Waals surface area contributed by atoms with E-state index < -0.39 is 5.97 Å². The van der Waals surface area contributed by atoms with Crippen LogP contribution in [0.2, 0.25) is 0 Å². The van der Waals surface area contributed by atoms with E-state index in [9.17, 15) is 9.59 Å². The fourth-order valence-corrected chi connectivity index (χ4v) is 2.73. The summed E-state index contributed by atoms with van der Waals surface area (Å²) in [5, 5.41) is 5.40. The molecule has 20 heavy (non-hydrogen) atoms. The minimum atomic E-state index is -0.543. The molecule has 1 aromatic rings. The highest BCUT2D eigenvalue weighted by Gasteiger charge is 2.17. The monoisotopic (exact) mass is 402 g/mol. The Labute approximate surface area is 133 Å². The van der Waals surface area contributed by atoms with Crippen molar-refractivity contribution in [3.63, 3.8) is 0 Å². The summed E-state index contributed by atoms with van der Waals surface area (Å²) in [5.41, 5.74) is 0.603. The number of methoxy groups -OCH3 is 1. The van der Waals surface area contributed by atoms with Gasteiger partial charge in [0.25, 0.3) is 0 Å². The predicted molar refractivity (Wildman–Crippen MR) is 83.5 cm³/mol. The molecule has 1 aromatic carbocycles. The molecule has 7 heteroatoms. The van der Waals surface area contributed by atoms with Crippen molar-refractivity contribution in [2.45, 2.75) is 0 Å². The molecule has 106 valence electrons. The van der Waals surface area contributed by atoms with Gasteiger partial charge in [0.1, 0.15) is 0 Å². The second-order valence-electron chi connectivity index (χ2n) is 3.66. The number of carbonyl (C=O) groups is 2. The smallest absolute Gasteiger partial charge is 0.340 e. The number of nitrogens with one attached hydrogen (secondary N) is 2. The normalized spacial score (nSPS) is 9.70. The van der Waals surface area contributed by atoms with Gasteiger partial charge in [0.05, 0.1) is 31.5 Å². The van der Waals surface area contributed by atoms with Crippen molar-refractivity contribution in [3.05, 3.63) is 26.6 Å². The molecule has 0 saturated heterocycles. The second-order valence-corrected chi connectivity index (χ2v) is 5.43. The fraction of sp³-hybridized carbons (Fsp3) is 0.231. The van der Waals surface area contributed by atoms with Crippen LogP contribution in [0.4, 0.5) is 5.69 Å². The average Bonchev–Trinajstić information content (AvgIpc) is 2.41. The number of esters is 1. The van der Waals surface area contributed by atoms with Crippen molar-refractivity contribution in [3.8, 4) is 12.3 Å². The lowest BCUT2D eigenvalue weighted by Crippen LogP contribution is -2.29. The second kappa shape index (κ2) is 8.04.